The summed E-state index contributed by atoms with van der Waals surface area (Å²) in [6.07, 6.45) is 3.28. The number of piperidine rings is 1. The van der Waals surface area contributed by atoms with Gasteiger partial charge in [0.15, 0.2) is 0 Å². The van der Waals surface area contributed by atoms with E-state index in [-0.39, 0.29) is 23.2 Å². The molecule has 2 aliphatic rings. The average Bonchev–Trinajstić information content (AvgIpc) is 3.05. The molecule has 1 spiro atoms. The van der Waals surface area contributed by atoms with Gasteiger partial charge in [0.25, 0.3) is 0 Å². The Morgan fingerprint density at radius 1 is 1.25 bits per heavy atom. The molecule has 0 bridgehead atoms. The van der Waals surface area contributed by atoms with E-state index in [2.05, 4.69) is 48.5 Å². The summed E-state index contributed by atoms with van der Waals surface area (Å²) in [6, 6.07) is 10.4. The Morgan fingerprint density at radius 2 is 1.96 bits per heavy atom. The highest BCUT2D eigenvalue weighted by molar-refractivity contribution is 5.86. The molecule has 4 rings (SSSR count). The summed E-state index contributed by atoms with van der Waals surface area (Å²) in [6.45, 7) is 8.95. The van der Waals surface area contributed by atoms with Gasteiger partial charge in [-0.3, -0.25) is 4.79 Å². The van der Waals surface area contributed by atoms with Gasteiger partial charge in [-0.1, -0.05) is 19.1 Å². The lowest BCUT2D eigenvalue weighted by atomic mass is 9.85. The number of carbonyl (C=O) groups excluding carboxylic acids is 1. The fraction of sp³-hybridized carbons (Fsp3) is 0.545. The van der Waals surface area contributed by atoms with Crippen LogP contribution in [0.3, 0.4) is 0 Å². The predicted molar refractivity (Wildman–Crippen MR) is 114 cm³/mol. The lowest BCUT2D eigenvalue weighted by Gasteiger charge is -2.30. The number of carbonyl (C=O) groups is 1. The van der Waals surface area contributed by atoms with E-state index in [1.165, 1.54) is 0 Å². The SMILES string of the molecule is Cc1cc(C)n(-c2cccc(CN(C)C(=O)C3(C)CC34CCNCC4)c2)n1.Cl. The van der Waals surface area contributed by atoms with E-state index in [4.69, 9.17) is 0 Å². The van der Waals surface area contributed by atoms with Crippen molar-refractivity contribution >= 4 is 18.3 Å². The number of halogens is 1. The summed E-state index contributed by atoms with van der Waals surface area (Å²) < 4.78 is 1.97. The summed E-state index contributed by atoms with van der Waals surface area (Å²) in [7, 11) is 1.94. The lowest BCUT2D eigenvalue weighted by molar-refractivity contribution is -0.137. The normalized spacial score (nSPS) is 22.6. The van der Waals surface area contributed by atoms with Gasteiger partial charge < -0.3 is 10.2 Å². The van der Waals surface area contributed by atoms with Crippen LogP contribution in [0.5, 0.6) is 0 Å². The number of hydrogen-bond acceptors (Lipinski definition) is 3. The minimum absolute atomic E-state index is 0. The molecule has 1 atom stereocenters. The first-order valence-corrected chi connectivity index (χ1v) is 9.94. The molecular weight excluding hydrogens is 372 g/mol. The van der Waals surface area contributed by atoms with Crippen LogP contribution in [0.15, 0.2) is 30.3 Å². The van der Waals surface area contributed by atoms with Crippen molar-refractivity contribution in [3.63, 3.8) is 0 Å². The Morgan fingerprint density at radius 3 is 2.61 bits per heavy atom. The van der Waals surface area contributed by atoms with E-state index >= 15 is 0 Å². The van der Waals surface area contributed by atoms with Crippen molar-refractivity contribution in [3.05, 3.63) is 47.3 Å². The van der Waals surface area contributed by atoms with E-state index in [0.29, 0.717) is 12.5 Å². The van der Waals surface area contributed by atoms with E-state index in [0.717, 1.165) is 55.0 Å². The number of nitrogens with one attached hydrogen (secondary N) is 1. The smallest absolute Gasteiger partial charge is 0.229 e. The van der Waals surface area contributed by atoms with Crippen molar-refractivity contribution < 1.29 is 4.79 Å². The third-order valence-corrected chi connectivity index (χ3v) is 6.70. The Labute approximate surface area is 173 Å². The van der Waals surface area contributed by atoms with Crippen molar-refractivity contribution in [2.24, 2.45) is 10.8 Å². The first kappa shape index (κ1) is 20.9. The number of aromatic nitrogens is 2. The standard InChI is InChI=1S/C22H30N4O.ClH/c1-16-12-17(2)26(24-16)19-7-5-6-18(13-19)14-25(4)20(27)21(3)15-22(21)8-10-23-11-9-22;/h5-7,12-13,23H,8-11,14-15H2,1-4H3;1H. The van der Waals surface area contributed by atoms with Crippen LogP contribution in [0.25, 0.3) is 5.69 Å². The topological polar surface area (TPSA) is 50.2 Å². The monoisotopic (exact) mass is 402 g/mol. The Hall–Kier alpha value is -1.85. The zero-order valence-electron chi connectivity index (χ0n) is 17.3. The summed E-state index contributed by atoms with van der Waals surface area (Å²) in [4.78, 5) is 15.1. The van der Waals surface area contributed by atoms with Crippen molar-refractivity contribution in [3.8, 4) is 5.69 Å². The first-order chi connectivity index (χ1) is 12.8. The molecule has 0 radical (unpaired) electrons. The second-order valence-corrected chi connectivity index (χ2v) is 8.71. The Balaban J connectivity index is 0.00000225. The Kier molecular flexibility index (Phi) is 5.61. The van der Waals surface area contributed by atoms with E-state index < -0.39 is 0 Å². The molecule has 5 nitrogen and oxygen atoms in total. The molecule has 6 heteroatoms. The second kappa shape index (κ2) is 7.53. The molecule has 1 unspecified atom stereocenters. The molecule has 2 fully saturated rings. The summed E-state index contributed by atoms with van der Waals surface area (Å²) in [5.74, 6) is 0.293. The third-order valence-electron chi connectivity index (χ3n) is 6.70. The predicted octanol–water partition coefficient (Wildman–Crippen LogP) is 3.65. The lowest BCUT2D eigenvalue weighted by Crippen LogP contribution is -2.39. The fourth-order valence-corrected chi connectivity index (χ4v) is 5.01. The molecule has 1 saturated heterocycles. The van der Waals surface area contributed by atoms with Crippen molar-refractivity contribution in [2.45, 2.75) is 46.6 Å². The van der Waals surface area contributed by atoms with E-state index in [1.807, 2.05) is 29.6 Å². The average molecular weight is 403 g/mol. The van der Waals surface area contributed by atoms with Crippen LogP contribution in [0, 0.1) is 24.7 Å². The van der Waals surface area contributed by atoms with E-state index in [1.54, 1.807) is 0 Å². The third kappa shape index (κ3) is 3.46. The Bertz CT molecular complexity index is 871. The highest BCUT2D eigenvalue weighted by Gasteiger charge is 2.68. The van der Waals surface area contributed by atoms with Gasteiger partial charge in [0.1, 0.15) is 0 Å². The first-order valence-electron chi connectivity index (χ1n) is 9.94. The quantitative estimate of drug-likeness (QED) is 0.849. The van der Waals surface area contributed by atoms with Crippen LogP contribution in [-0.2, 0) is 11.3 Å². The van der Waals surface area contributed by atoms with Gasteiger partial charge in [-0.25, -0.2) is 4.68 Å². The van der Waals surface area contributed by atoms with Crippen molar-refractivity contribution in [1.29, 1.82) is 0 Å². The van der Waals surface area contributed by atoms with Gasteiger partial charge in [0.2, 0.25) is 5.91 Å². The fourth-order valence-electron chi connectivity index (χ4n) is 5.01. The summed E-state index contributed by atoms with van der Waals surface area (Å²) in [5.41, 5.74) is 4.37. The molecule has 1 aromatic heterocycles. The molecule has 1 N–H and O–H groups in total. The van der Waals surface area contributed by atoms with Crippen LogP contribution < -0.4 is 5.32 Å². The number of benzene rings is 1. The molecule has 2 aromatic rings. The molecule has 28 heavy (non-hydrogen) atoms. The molecule has 2 heterocycles. The summed E-state index contributed by atoms with van der Waals surface area (Å²) >= 11 is 0. The van der Waals surface area contributed by atoms with Gasteiger partial charge >= 0.3 is 0 Å². The van der Waals surface area contributed by atoms with Crippen LogP contribution >= 0.6 is 12.4 Å². The van der Waals surface area contributed by atoms with Crippen molar-refractivity contribution in [2.75, 3.05) is 20.1 Å². The number of nitrogens with zero attached hydrogens (tertiary/aromatic N) is 3. The van der Waals surface area contributed by atoms with Crippen LogP contribution in [-0.4, -0.2) is 40.7 Å². The van der Waals surface area contributed by atoms with Gasteiger partial charge in [-0.05, 0) is 75.4 Å². The number of amides is 1. The number of hydrogen-bond donors (Lipinski definition) is 1. The molecule has 1 saturated carbocycles. The van der Waals surface area contributed by atoms with Crippen LogP contribution in [0.4, 0.5) is 0 Å². The largest absolute Gasteiger partial charge is 0.341 e. The van der Waals surface area contributed by atoms with Gasteiger partial charge in [0, 0.05) is 19.3 Å². The zero-order valence-corrected chi connectivity index (χ0v) is 18.1. The molecule has 1 aliphatic heterocycles. The van der Waals surface area contributed by atoms with Crippen molar-refractivity contribution in [1.82, 2.24) is 20.0 Å². The van der Waals surface area contributed by atoms with Gasteiger partial charge in [0.05, 0.1) is 16.8 Å². The maximum atomic E-state index is 13.2. The highest BCUT2D eigenvalue weighted by Crippen LogP contribution is 2.68. The molecular formula is C22H31ClN4O. The number of aryl methyl sites for hydroxylation is 2. The van der Waals surface area contributed by atoms with Gasteiger partial charge in [-0.2, -0.15) is 5.10 Å². The molecule has 1 amide bonds. The maximum Gasteiger partial charge on any atom is 0.229 e. The molecule has 1 aliphatic carbocycles. The maximum absolute atomic E-state index is 13.2. The van der Waals surface area contributed by atoms with Gasteiger partial charge in [-0.15, -0.1) is 12.4 Å². The van der Waals surface area contributed by atoms with Crippen LogP contribution in [0.1, 0.15) is 43.1 Å². The zero-order chi connectivity index (χ0) is 19.2. The summed E-state index contributed by atoms with van der Waals surface area (Å²) in [5, 5.41) is 7.99. The minimum atomic E-state index is -0.183. The highest BCUT2D eigenvalue weighted by atomic mass is 35.5. The second-order valence-electron chi connectivity index (χ2n) is 8.71. The van der Waals surface area contributed by atoms with E-state index in [9.17, 15) is 4.79 Å². The van der Waals surface area contributed by atoms with Crippen LogP contribution in [0.2, 0.25) is 0 Å². The number of rotatable bonds is 4. The molecule has 1 aromatic carbocycles. The minimum Gasteiger partial charge on any atom is -0.341 e. The molecule has 152 valence electrons.